The van der Waals surface area contributed by atoms with E-state index in [2.05, 4.69) is 5.32 Å². The first-order valence-electron chi connectivity index (χ1n) is 5.69. The molecule has 0 heterocycles. The van der Waals surface area contributed by atoms with Crippen LogP contribution in [0.15, 0.2) is 30.3 Å². The second-order valence-corrected chi connectivity index (χ2v) is 4.54. The summed E-state index contributed by atoms with van der Waals surface area (Å²) in [4.78, 5) is 10.1. The Balaban J connectivity index is 2.19. The summed E-state index contributed by atoms with van der Waals surface area (Å²) in [5, 5.41) is 13.4. The van der Waals surface area contributed by atoms with Gasteiger partial charge in [0.1, 0.15) is 10.8 Å². The molecule has 2 aromatic carbocycles. The molecule has 0 aliphatic rings. The number of rotatable bonds is 4. The molecule has 4 nitrogen and oxygen atoms in total. The van der Waals surface area contributed by atoms with Crippen LogP contribution in [0.3, 0.4) is 0 Å². The van der Waals surface area contributed by atoms with E-state index in [1.54, 1.807) is 0 Å². The molecular weight excluding hydrogens is 309 g/mol. The summed E-state index contributed by atoms with van der Waals surface area (Å²) in [6.45, 7) is -0.165. The Morgan fingerprint density at radius 3 is 2.43 bits per heavy atom. The van der Waals surface area contributed by atoms with Crippen molar-refractivity contribution in [3.63, 3.8) is 0 Å². The van der Waals surface area contributed by atoms with Crippen molar-refractivity contribution in [3.05, 3.63) is 68.5 Å². The van der Waals surface area contributed by atoms with E-state index in [1.165, 1.54) is 18.2 Å². The number of hydrogen-bond acceptors (Lipinski definition) is 3. The van der Waals surface area contributed by atoms with E-state index in [-0.39, 0.29) is 22.8 Å². The normalized spacial score (nSPS) is 10.5. The number of benzene rings is 2. The second kappa shape index (κ2) is 6.01. The lowest BCUT2D eigenvalue weighted by Gasteiger charge is -2.08. The highest BCUT2D eigenvalue weighted by Crippen LogP contribution is 2.27. The highest BCUT2D eigenvalue weighted by atomic mass is 35.5. The summed E-state index contributed by atoms with van der Waals surface area (Å²) >= 11 is 5.65. The fourth-order valence-electron chi connectivity index (χ4n) is 1.66. The molecule has 2 aromatic rings. The first-order chi connectivity index (χ1) is 9.88. The van der Waals surface area contributed by atoms with E-state index in [4.69, 9.17) is 11.6 Å². The van der Waals surface area contributed by atoms with Gasteiger partial charge in [-0.1, -0.05) is 11.6 Å². The van der Waals surface area contributed by atoms with Gasteiger partial charge in [0.05, 0.1) is 4.92 Å². The van der Waals surface area contributed by atoms with Crippen molar-refractivity contribution < 1.29 is 18.1 Å². The monoisotopic (exact) mass is 316 g/mol. The van der Waals surface area contributed by atoms with E-state index in [1.807, 2.05) is 0 Å². The maximum absolute atomic E-state index is 13.4. The molecule has 2 rings (SSSR count). The summed E-state index contributed by atoms with van der Waals surface area (Å²) in [5.41, 5.74) is -0.117. The van der Waals surface area contributed by atoms with Crippen molar-refractivity contribution in [2.24, 2.45) is 0 Å². The van der Waals surface area contributed by atoms with E-state index in [0.29, 0.717) is 11.8 Å². The summed E-state index contributed by atoms with van der Waals surface area (Å²) in [6, 6.07) is 5.09. The van der Waals surface area contributed by atoms with Gasteiger partial charge in [-0.25, -0.2) is 13.2 Å². The van der Waals surface area contributed by atoms with Crippen LogP contribution >= 0.6 is 11.6 Å². The highest BCUT2D eigenvalue weighted by Gasteiger charge is 2.13. The Bertz CT molecular complexity index is 710. The van der Waals surface area contributed by atoms with Crippen molar-refractivity contribution in [1.82, 2.24) is 0 Å². The van der Waals surface area contributed by atoms with Gasteiger partial charge in [0, 0.05) is 29.9 Å². The molecule has 0 aromatic heterocycles. The summed E-state index contributed by atoms with van der Waals surface area (Å²) in [5.74, 6) is -3.36. The molecule has 8 heteroatoms. The van der Waals surface area contributed by atoms with E-state index in [9.17, 15) is 23.3 Å². The predicted molar refractivity (Wildman–Crippen MR) is 71.7 cm³/mol. The Kier molecular flexibility index (Phi) is 4.32. The van der Waals surface area contributed by atoms with Crippen LogP contribution in [0.25, 0.3) is 0 Å². The highest BCUT2D eigenvalue weighted by molar-refractivity contribution is 6.32. The number of halogens is 4. The lowest BCUT2D eigenvalue weighted by atomic mass is 10.2. The maximum Gasteiger partial charge on any atom is 0.289 e. The van der Waals surface area contributed by atoms with Crippen molar-refractivity contribution >= 4 is 23.0 Å². The molecule has 0 unspecified atom stereocenters. The molecular formula is C13H8ClF3N2O2. The third-order valence-corrected chi connectivity index (χ3v) is 3.03. The van der Waals surface area contributed by atoms with Crippen LogP contribution in [-0.2, 0) is 6.54 Å². The molecule has 0 spiro atoms. The minimum Gasteiger partial charge on any atom is -0.381 e. The van der Waals surface area contributed by atoms with E-state index < -0.39 is 22.4 Å². The van der Waals surface area contributed by atoms with E-state index in [0.717, 1.165) is 6.07 Å². The van der Waals surface area contributed by atoms with Gasteiger partial charge >= 0.3 is 0 Å². The van der Waals surface area contributed by atoms with Crippen LogP contribution < -0.4 is 5.32 Å². The first-order valence-corrected chi connectivity index (χ1v) is 6.07. The first kappa shape index (κ1) is 15.1. The minimum absolute atomic E-state index is 0.0374. The topological polar surface area (TPSA) is 55.2 Å². The van der Waals surface area contributed by atoms with Gasteiger partial charge in [-0.15, -0.1) is 0 Å². The molecule has 0 saturated carbocycles. The Morgan fingerprint density at radius 1 is 1.10 bits per heavy atom. The summed E-state index contributed by atoms with van der Waals surface area (Å²) < 4.78 is 39.2. The van der Waals surface area contributed by atoms with Gasteiger partial charge < -0.3 is 5.32 Å². The molecule has 0 saturated heterocycles. The van der Waals surface area contributed by atoms with Crippen molar-refractivity contribution in [3.8, 4) is 0 Å². The van der Waals surface area contributed by atoms with Crippen LogP contribution in [0, 0.1) is 27.6 Å². The molecule has 0 bridgehead atoms. The van der Waals surface area contributed by atoms with Gasteiger partial charge in [-0.3, -0.25) is 10.1 Å². The molecule has 110 valence electrons. The number of hydrogen-bond donors (Lipinski definition) is 1. The number of nitro groups is 1. The Hall–Kier alpha value is -2.28. The van der Waals surface area contributed by atoms with Crippen LogP contribution in [-0.4, -0.2) is 4.92 Å². The standard InChI is InChI=1S/C13H8ClF3N2O2/c14-9-2-1-8(4-13(9)19(20)21)18-6-7-3-11(16)12(17)5-10(7)15/h1-5,18H,6H2. The average Bonchev–Trinajstić information content (AvgIpc) is 2.42. The molecule has 0 fully saturated rings. The SMILES string of the molecule is O=[N+]([O-])c1cc(NCc2cc(F)c(F)cc2F)ccc1Cl. The molecule has 0 aliphatic heterocycles. The molecule has 0 atom stereocenters. The van der Waals surface area contributed by atoms with Crippen LogP contribution in [0.4, 0.5) is 24.5 Å². The van der Waals surface area contributed by atoms with Crippen LogP contribution in [0.5, 0.6) is 0 Å². The van der Waals surface area contributed by atoms with Crippen LogP contribution in [0.2, 0.25) is 5.02 Å². The number of nitrogens with zero attached hydrogens (tertiary/aromatic N) is 1. The molecule has 0 radical (unpaired) electrons. The molecule has 1 N–H and O–H groups in total. The molecule has 21 heavy (non-hydrogen) atoms. The van der Waals surface area contributed by atoms with Crippen molar-refractivity contribution in [2.45, 2.75) is 6.54 Å². The van der Waals surface area contributed by atoms with Gasteiger partial charge in [0.2, 0.25) is 0 Å². The zero-order chi connectivity index (χ0) is 15.6. The number of nitrogens with one attached hydrogen (secondary N) is 1. The third kappa shape index (κ3) is 3.43. The van der Waals surface area contributed by atoms with Gasteiger partial charge in [-0.2, -0.15) is 0 Å². The summed E-state index contributed by atoms with van der Waals surface area (Å²) in [6.07, 6.45) is 0. The maximum atomic E-state index is 13.4. The van der Waals surface area contributed by atoms with Crippen LogP contribution in [0.1, 0.15) is 5.56 Å². The smallest absolute Gasteiger partial charge is 0.289 e. The molecule has 0 amide bonds. The quantitative estimate of drug-likeness (QED) is 0.520. The van der Waals surface area contributed by atoms with Gasteiger partial charge in [-0.05, 0) is 18.2 Å². The fourth-order valence-corrected chi connectivity index (χ4v) is 1.85. The van der Waals surface area contributed by atoms with Gasteiger partial charge in [0.15, 0.2) is 11.6 Å². The van der Waals surface area contributed by atoms with Crippen molar-refractivity contribution in [1.29, 1.82) is 0 Å². The second-order valence-electron chi connectivity index (χ2n) is 4.13. The predicted octanol–water partition coefficient (Wildman–Crippen LogP) is 4.28. The number of nitro benzene ring substituents is 1. The van der Waals surface area contributed by atoms with E-state index >= 15 is 0 Å². The zero-order valence-electron chi connectivity index (χ0n) is 10.4. The third-order valence-electron chi connectivity index (χ3n) is 2.72. The molecule has 0 aliphatic carbocycles. The lowest BCUT2D eigenvalue weighted by Crippen LogP contribution is -2.04. The fraction of sp³-hybridized carbons (Fsp3) is 0.0769. The summed E-state index contributed by atoms with van der Waals surface area (Å²) in [7, 11) is 0. The lowest BCUT2D eigenvalue weighted by molar-refractivity contribution is -0.384. The average molecular weight is 317 g/mol. The number of anilines is 1. The zero-order valence-corrected chi connectivity index (χ0v) is 11.1. The van der Waals surface area contributed by atoms with Crippen molar-refractivity contribution in [2.75, 3.05) is 5.32 Å². The Labute approximate surface area is 122 Å². The Morgan fingerprint density at radius 2 is 1.76 bits per heavy atom. The largest absolute Gasteiger partial charge is 0.381 e. The van der Waals surface area contributed by atoms with Gasteiger partial charge in [0.25, 0.3) is 5.69 Å². The minimum atomic E-state index is -1.28.